The summed E-state index contributed by atoms with van der Waals surface area (Å²) in [4.78, 5) is 10.6. The fourth-order valence-corrected chi connectivity index (χ4v) is 2.26. The van der Waals surface area contributed by atoms with Crippen LogP contribution < -0.4 is 0 Å². The van der Waals surface area contributed by atoms with E-state index in [0.717, 1.165) is 12.0 Å². The van der Waals surface area contributed by atoms with Crippen molar-refractivity contribution in [2.75, 3.05) is 0 Å². The summed E-state index contributed by atoms with van der Waals surface area (Å²) in [5, 5.41) is 18.9. The number of aliphatic hydroxyl groups is 1. The maximum Gasteiger partial charge on any atom is 0.303 e. The average molecular weight is 278 g/mol. The van der Waals surface area contributed by atoms with Crippen molar-refractivity contribution < 1.29 is 15.0 Å². The van der Waals surface area contributed by atoms with Crippen LogP contribution in [0.15, 0.2) is 24.3 Å². The van der Waals surface area contributed by atoms with E-state index in [1.165, 1.54) is 5.56 Å². The van der Waals surface area contributed by atoms with Crippen LogP contribution in [0.5, 0.6) is 0 Å². The largest absolute Gasteiger partial charge is 0.481 e. The molecule has 112 valence electrons. The molecule has 0 radical (unpaired) electrons. The summed E-state index contributed by atoms with van der Waals surface area (Å²) in [7, 11) is 0. The smallest absolute Gasteiger partial charge is 0.303 e. The van der Waals surface area contributed by atoms with Crippen molar-refractivity contribution in [3.63, 3.8) is 0 Å². The van der Waals surface area contributed by atoms with Crippen LogP contribution >= 0.6 is 0 Å². The first-order valence-corrected chi connectivity index (χ1v) is 7.26. The highest BCUT2D eigenvalue weighted by Crippen LogP contribution is 2.29. The van der Waals surface area contributed by atoms with Crippen molar-refractivity contribution in [1.29, 1.82) is 0 Å². The zero-order valence-electron chi connectivity index (χ0n) is 12.9. The third kappa shape index (κ3) is 4.64. The van der Waals surface area contributed by atoms with Gasteiger partial charge in [0.2, 0.25) is 0 Å². The first-order chi connectivity index (χ1) is 9.26. The fraction of sp³-hybridized carbons (Fsp3) is 0.588. The van der Waals surface area contributed by atoms with Crippen molar-refractivity contribution in [2.24, 2.45) is 5.92 Å². The van der Waals surface area contributed by atoms with Crippen LogP contribution in [0.3, 0.4) is 0 Å². The van der Waals surface area contributed by atoms with E-state index in [2.05, 4.69) is 32.9 Å². The standard InChI is InChI=1S/C17H26O3/c1-5-17(3,4)14-8-6-13(7-9-14)15(18)10-12(2)11-16(19)20/h6-9,12,15,18H,5,10-11H2,1-4H3,(H,19,20). The Morgan fingerprint density at radius 3 is 2.25 bits per heavy atom. The van der Waals surface area contributed by atoms with Crippen molar-refractivity contribution in [3.8, 4) is 0 Å². The molecule has 20 heavy (non-hydrogen) atoms. The van der Waals surface area contributed by atoms with Crippen molar-refractivity contribution in [3.05, 3.63) is 35.4 Å². The Morgan fingerprint density at radius 1 is 1.25 bits per heavy atom. The normalized spacial score (nSPS) is 14.8. The predicted octanol–water partition coefficient (Wildman–Crippen LogP) is 3.91. The summed E-state index contributed by atoms with van der Waals surface area (Å²) >= 11 is 0. The number of benzene rings is 1. The highest BCUT2D eigenvalue weighted by Gasteiger charge is 2.19. The van der Waals surface area contributed by atoms with Crippen LogP contribution in [-0.4, -0.2) is 16.2 Å². The van der Waals surface area contributed by atoms with Crippen molar-refractivity contribution in [1.82, 2.24) is 0 Å². The molecule has 0 aliphatic heterocycles. The second-order valence-electron chi connectivity index (χ2n) is 6.31. The minimum absolute atomic E-state index is 0.0331. The Bertz CT molecular complexity index is 434. The Labute approximate surface area is 121 Å². The van der Waals surface area contributed by atoms with Gasteiger partial charge < -0.3 is 10.2 Å². The van der Waals surface area contributed by atoms with Gasteiger partial charge in [-0.3, -0.25) is 4.79 Å². The SMILES string of the molecule is CCC(C)(C)c1ccc(C(O)CC(C)CC(=O)O)cc1. The van der Waals surface area contributed by atoms with E-state index in [1.54, 1.807) is 0 Å². The van der Waals surface area contributed by atoms with Gasteiger partial charge in [0.25, 0.3) is 0 Å². The van der Waals surface area contributed by atoms with Gasteiger partial charge in [-0.15, -0.1) is 0 Å². The van der Waals surface area contributed by atoms with Gasteiger partial charge in [-0.1, -0.05) is 52.0 Å². The van der Waals surface area contributed by atoms with Crippen molar-refractivity contribution in [2.45, 2.75) is 58.5 Å². The minimum Gasteiger partial charge on any atom is -0.481 e. The Balaban J connectivity index is 2.71. The molecular formula is C17H26O3. The van der Waals surface area contributed by atoms with Gasteiger partial charge in [0, 0.05) is 6.42 Å². The summed E-state index contributed by atoms with van der Waals surface area (Å²) < 4.78 is 0. The average Bonchev–Trinajstić information content (AvgIpc) is 2.37. The van der Waals surface area contributed by atoms with Crippen LogP contribution in [0.25, 0.3) is 0 Å². The number of hydrogen-bond acceptors (Lipinski definition) is 2. The van der Waals surface area contributed by atoms with Gasteiger partial charge >= 0.3 is 5.97 Å². The summed E-state index contributed by atoms with van der Waals surface area (Å²) in [6, 6.07) is 8.02. The summed E-state index contributed by atoms with van der Waals surface area (Å²) in [5.41, 5.74) is 2.26. The molecule has 3 nitrogen and oxygen atoms in total. The second kappa shape index (κ2) is 6.89. The van der Waals surface area contributed by atoms with E-state index < -0.39 is 12.1 Å². The molecule has 0 spiro atoms. The Morgan fingerprint density at radius 2 is 1.80 bits per heavy atom. The molecule has 2 unspecified atom stereocenters. The number of hydrogen-bond donors (Lipinski definition) is 2. The molecule has 0 aromatic heterocycles. The predicted molar refractivity (Wildman–Crippen MR) is 80.8 cm³/mol. The molecule has 1 aromatic carbocycles. The molecule has 1 aromatic rings. The lowest BCUT2D eigenvalue weighted by atomic mass is 9.81. The molecule has 0 heterocycles. The summed E-state index contributed by atoms with van der Waals surface area (Å²) in [6.07, 6.45) is 1.04. The molecule has 0 bridgehead atoms. The summed E-state index contributed by atoms with van der Waals surface area (Å²) in [5.74, 6) is -0.848. The summed E-state index contributed by atoms with van der Waals surface area (Å²) in [6.45, 7) is 8.42. The van der Waals surface area contributed by atoms with E-state index in [1.807, 2.05) is 19.1 Å². The van der Waals surface area contributed by atoms with E-state index >= 15 is 0 Å². The van der Waals surface area contributed by atoms with Crippen LogP contribution in [0, 0.1) is 5.92 Å². The molecule has 3 heteroatoms. The highest BCUT2D eigenvalue weighted by molar-refractivity contribution is 5.66. The van der Waals surface area contributed by atoms with Gasteiger partial charge in [-0.25, -0.2) is 0 Å². The zero-order chi connectivity index (χ0) is 15.3. The quantitative estimate of drug-likeness (QED) is 0.795. The molecule has 2 N–H and O–H groups in total. The molecular weight excluding hydrogens is 252 g/mol. The zero-order valence-corrected chi connectivity index (χ0v) is 12.9. The number of carboxylic acid groups (broad SMARTS) is 1. The third-order valence-electron chi connectivity index (χ3n) is 4.11. The van der Waals surface area contributed by atoms with Crippen LogP contribution in [0.2, 0.25) is 0 Å². The number of aliphatic carboxylic acids is 1. The maximum atomic E-state index is 10.6. The van der Waals surface area contributed by atoms with E-state index in [-0.39, 0.29) is 17.8 Å². The number of carboxylic acids is 1. The Hall–Kier alpha value is -1.35. The lowest BCUT2D eigenvalue weighted by Gasteiger charge is -2.24. The van der Waals surface area contributed by atoms with Gasteiger partial charge in [0.05, 0.1) is 6.10 Å². The third-order valence-corrected chi connectivity index (χ3v) is 4.11. The minimum atomic E-state index is -0.815. The molecule has 2 atom stereocenters. The highest BCUT2D eigenvalue weighted by atomic mass is 16.4. The van der Waals surface area contributed by atoms with Crippen LogP contribution in [0.4, 0.5) is 0 Å². The molecule has 0 saturated carbocycles. The molecule has 0 amide bonds. The molecule has 1 rings (SSSR count). The van der Waals surface area contributed by atoms with Gasteiger partial charge in [-0.2, -0.15) is 0 Å². The number of aliphatic hydroxyl groups excluding tert-OH is 1. The maximum absolute atomic E-state index is 10.6. The fourth-order valence-electron chi connectivity index (χ4n) is 2.26. The van der Waals surface area contributed by atoms with Crippen LogP contribution in [0.1, 0.15) is 64.2 Å². The first kappa shape index (κ1) is 16.7. The van der Waals surface area contributed by atoms with Gasteiger partial charge in [0.15, 0.2) is 0 Å². The molecule has 0 fully saturated rings. The molecule has 0 aliphatic carbocycles. The lowest BCUT2D eigenvalue weighted by molar-refractivity contribution is -0.138. The molecule has 0 saturated heterocycles. The van der Waals surface area contributed by atoms with E-state index in [9.17, 15) is 9.90 Å². The van der Waals surface area contributed by atoms with Crippen LogP contribution in [-0.2, 0) is 10.2 Å². The molecule has 0 aliphatic rings. The van der Waals surface area contributed by atoms with E-state index in [0.29, 0.717) is 6.42 Å². The van der Waals surface area contributed by atoms with E-state index in [4.69, 9.17) is 5.11 Å². The van der Waals surface area contributed by atoms with Crippen molar-refractivity contribution >= 4 is 5.97 Å². The lowest BCUT2D eigenvalue weighted by Crippen LogP contribution is -2.15. The topological polar surface area (TPSA) is 57.5 Å². The number of rotatable bonds is 7. The second-order valence-corrected chi connectivity index (χ2v) is 6.31. The Kier molecular flexibility index (Phi) is 5.75. The van der Waals surface area contributed by atoms with Gasteiger partial charge in [-0.05, 0) is 35.3 Å². The number of carbonyl (C=O) groups is 1. The monoisotopic (exact) mass is 278 g/mol. The first-order valence-electron chi connectivity index (χ1n) is 7.26. The van der Waals surface area contributed by atoms with Gasteiger partial charge in [0.1, 0.15) is 0 Å².